The average molecular weight is 240 g/mol. The molecule has 0 spiro atoms. The highest BCUT2D eigenvalue weighted by Crippen LogP contribution is 2.28. The largest absolute Gasteiger partial charge is 0.354 e. The Morgan fingerprint density at radius 3 is 2.53 bits per heavy atom. The van der Waals surface area contributed by atoms with Crippen LogP contribution in [0.3, 0.4) is 0 Å². The number of nitrogens with two attached hydrogens (primary N) is 1. The standard InChI is InChI=1S/C14H28N2O/c1-4-14(15,5-2)13(17)16-10-12-8-6-7-11(3)9-12/h11-12H,4-10,15H2,1-3H3,(H,16,17). The van der Waals surface area contributed by atoms with Crippen molar-refractivity contribution < 1.29 is 4.79 Å². The van der Waals surface area contributed by atoms with Crippen molar-refractivity contribution in [3.05, 3.63) is 0 Å². The van der Waals surface area contributed by atoms with Gasteiger partial charge in [-0.05, 0) is 37.5 Å². The van der Waals surface area contributed by atoms with Gasteiger partial charge in [-0.3, -0.25) is 4.79 Å². The van der Waals surface area contributed by atoms with Crippen molar-refractivity contribution in [3.63, 3.8) is 0 Å². The van der Waals surface area contributed by atoms with Crippen LogP contribution in [0, 0.1) is 11.8 Å². The smallest absolute Gasteiger partial charge is 0.240 e. The van der Waals surface area contributed by atoms with Gasteiger partial charge in [-0.2, -0.15) is 0 Å². The van der Waals surface area contributed by atoms with E-state index in [0.29, 0.717) is 18.8 Å². The number of hydrogen-bond acceptors (Lipinski definition) is 2. The molecule has 0 aromatic rings. The first-order valence-electron chi connectivity index (χ1n) is 7.09. The quantitative estimate of drug-likeness (QED) is 0.775. The molecule has 3 N–H and O–H groups in total. The first-order chi connectivity index (χ1) is 8.01. The van der Waals surface area contributed by atoms with Crippen molar-refractivity contribution in [3.8, 4) is 0 Å². The molecule has 1 aliphatic carbocycles. The summed E-state index contributed by atoms with van der Waals surface area (Å²) < 4.78 is 0. The third-order valence-corrected chi connectivity index (χ3v) is 4.31. The van der Waals surface area contributed by atoms with Gasteiger partial charge in [0.2, 0.25) is 5.91 Å². The summed E-state index contributed by atoms with van der Waals surface area (Å²) in [7, 11) is 0. The molecule has 1 amide bonds. The summed E-state index contributed by atoms with van der Waals surface area (Å²) >= 11 is 0. The zero-order valence-corrected chi connectivity index (χ0v) is 11.6. The van der Waals surface area contributed by atoms with Crippen LogP contribution in [0.25, 0.3) is 0 Å². The molecule has 1 aliphatic rings. The van der Waals surface area contributed by atoms with Crippen LogP contribution >= 0.6 is 0 Å². The minimum absolute atomic E-state index is 0.0285. The highest BCUT2D eigenvalue weighted by molar-refractivity contribution is 5.85. The maximum absolute atomic E-state index is 12.0. The molecule has 0 aromatic carbocycles. The summed E-state index contributed by atoms with van der Waals surface area (Å²) in [5.41, 5.74) is 5.40. The summed E-state index contributed by atoms with van der Waals surface area (Å²) in [4.78, 5) is 12.0. The summed E-state index contributed by atoms with van der Waals surface area (Å²) in [5.74, 6) is 1.49. The van der Waals surface area contributed by atoms with Gasteiger partial charge in [0.1, 0.15) is 0 Å². The average Bonchev–Trinajstić information content (AvgIpc) is 2.35. The van der Waals surface area contributed by atoms with Gasteiger partial charge in [-0.1, -0.05) is 33.6 Å². The van der Waals surface area contributed by atoms with E-state index in [0.717, 1.165) is 12.5 Å². The van der Waals surface area contributed by atoms with Gasteiger partial charge in [-0.25, -0.2) is 0 Å². The molecule has 100 valence electrons. The molecular formula is C14H28N2O. The minimum atomic E-state index is -0.666. The second kappa shape index (κ2) is 6.39. The van der Waals surface area contributed by atoms with Crippen molar-refractivity contribution >= 4 is 5.91 Å². The number of rotatable bonds is 5. The van der Waals surface area contributed by atoms with E-state index in [1.807, 2.05) is 13.8 Å². The summed E-state index contributed by atoms with van der Waals surface area (Å²) in [6.45, 7) is 7.07. The molecular weight excluding hydrogens is 212 g/mol. The molecule has 0 saturated heterocycles. The predicted octanol–water partition coefficient (Wildman–Crippen LogP) is 2.45. The van der Waals surface area contributed by atoms with E-state index < -0.39 is 5.54 Å². The van der Waals surface area contributed by atoms with E-state index in [1.165, 1.54) is 25.7 Å². The van der Waals surface area contributed by atoms with Crippen LogP contribution in [0.1, 0.15) is 59.3 Å². The van der Waals surface area contributed by atoms with Gasteiger partial charge in [0.05, 0.1) is 5.54 Å². The van der Waals surface area contributed by atoms with Gasteiger partial charge >= 0.3 is 0 Å². The minimum Gasteiger partial charge on any atom is -0.354 e. The van der Waals surface area contributed by atoms with E-state index in [9.17, 15) is 4.79 Å². The van der Waals surface area contributed by atoms with Gasteiger partial charge in [-0.15, -0.1) is 0 Å². The van der Waals surface area contributed by atoms with E-state index in [2.05, 4.69) is 12.2 Å². The molecule has 17 heavy (non-hydrogen) atoms. The Morgan fingerprint density at radius 1 is 1.35 bits per heavy atom. The normalized spacial score (nSPS) is 25.6. The Labute approximate surface area is 106 Å². The third-order valence-electron chi connectivity index (χ3n) is 4.31. The zero-order chi connectivity index (χ0) is 12.9. The fourth-order valence-electron chi connectivity index (χ4n) is 2.73. The van der Waals surface area contributed by atoms with Crippen LogP contribution in [-0.4, -0.2) is 18.0 Å². The maximum atomic E-state index is 12.0. The number of carbonyl (C=O) groups excluding carboxylic acids is 1. The molecule has 1 saturated carbocycles. The Bertz CT molecular complexity index is 249. The van der Waals surface area contributed by atoms with E-state index in [1.54, 1.807) is 0 Å². The number of carbonyl (C=O) groups is 1. The lowest BCUT2D eigenvalue weighted by molar-refractivity contribution is -0.126. The molecule has 0 bridgehead atoms. The monoisotopic (exact) mass is 240 g/mol. The third kappa shape index (κ3) is 3.98. The SMILES string of the molecule is CCC(N)(CC)C(=O)NCC1CCCC(C)C1. The van der Waals surface area contributed by atoms with Crippen LogP contribution < -0.4 is 11.1 Å². The Balaban J connectivity index is 2.37. The van der Waals surface area contributed by atoms with Crippen molar-refractivity contribution in [2.75, 3.05) is 6.54 Å². The number of nitrogens with one attached hydrogen (secondary N) is 1. The van der Waals surface area contributed by atoms with Gasteiger partial charge in [0.15, 0.2) is 0 Å². The Hall–Kier alpha value is -0.570. The topological polar surface area (TPSA) is 55.1 Å². The van der Waals surface area contributed by atoms with Crippen LogP contribution in [0.2, 0.25) is 0 Å². The molecule has 2 atom stereocenters. The van der Waals surface area contributed by atoms with Crippen LogP contribution in [0.4, 0.5) is 0 Å². The second-order valence-electron chi connectivity index (χ2n) is 5.71. The maximum Gasteiger partial charge on any atom is 0.240 e. The summed E-state index contributed by atoms with van der Waals surface area (Å²) in [6, 6.07) is 0. The van der Waals surface area contributed by atoms with Crippen LogP contribution in [0.15, 0.2) is 0 Å². The van der Waals surface area contributed by atoms with Crippen molar-refractivity contribution in [2.45, 2.75) is 64.8 Å². The molecule has 1 rings (SSSR count). The molecule has 0 aromatic heterocycles. The lowest BCUT2D eigenvalue weighted by Crippen LogP contribution is -2.54. The first kappa shape index (κ1) is 14.5. The lowest BCUT2D eigenvalue weighted by Gasteiger charge is -2.30. The summed E-state index contributed by atoms with van der Waals surface area (Å²) in [5, 5.41) is 3.05. The number of hydrogen-bond donors (Lipinski definition) is 2. The van der Waals surface area contributed by atoms with Gasteiger partial charge in [0.25, 0.3) is 0 Å². The van der Waals surface area contributed by atoms with Gasteiger partial charge < -0.3 is 11.1 Å². The Kier molecular flexibility index (Phi) is 5.44. The van der Waals surface area contributed by atoms with Crippen molar-refractivity contribution in [2.24, 2.45) is 17.6 Å². The molecule has 3 heteroatoms. The van der Waals surface area contributed by atoms with E-state index in [-0.39, 0.29) is 5.91 Å². The highest BCUT2D eigenvalue weighted by atomic mass is 16.2. The van der Waals surface area contributed by atoms with Crippen LogP contribution in [0.5, 0.6) is 0 Å². The molecule has 2 unspecified atom stereocenters. The van der Waals surface area contributed by atoms with Crippen LogP contribution in [-0.2, 0) is 4.79 Å². The molecule has 0 heterocycles. The van der Waals surface area contributed by atoms with Crippen molar-refractivity contribution in [1.29, 1.82) is 0 Å². The molecule has 0 radical (unpaired) electrons. The first-order valence-corrected chi connectivity index (χ1v) is 7.09. The highest BCUT2D eigenvalue weighted by Gasteiger charge is 2.30. The Morgan fingerprint density at radius 2 is 2.00 bits per heavy atom. The van der Waals surface area contributed by atoms with E-state index >= 15 is 0 Å². The predicted molar refractivity (Wildman–Crippen MR) is 71.6 cm³/mol. The molecule has 3 nitrogen and oxygen atoms in total. The number of amides is 1. The molecule has 0 aliphatic heterocycles. The fourth-order valence-corrected chi connectivity index (χ4v) is 2.73. The van der Waals surface area contributed by atoms with Crippen molar-refractivity contribution in [1.82, 2.24) is 5.32 Å². The van der Waals surface area contributed by atoms with Gasteiger partial charge in [0, 0.05) is 6.54 Å². The fraction of sp³-hybridized carbons (Fsp3) is 0.929. The molecule has 1 fully saturated rings. The lowest BCUT2D eigenvalue weighted by atomic mass is 9.82. The summed E-state index contributed by atoms with van der Waals surface area (Å²) in [6.07, 6.45) is 6.55. The second-order valence-corrected chi connectivity index (χ2v) is 5.71. The zero-order valence-electron chi connectivity index (χ0n) is 11.6. The van der Waals surface area contributed by atoms with E-state index in [4.69, 9.17) is 5.73 Å².